The minimum atomic E-state index is -3.47. The van der Waals surface area contributed by atoms with Gasteiger partial charge in [0.15, 0.2) is 9.84 Å². The van der Waals surface area contributed by atoms with E-state index in [9.17, 15) is 13.5 Å². The molecule has 0 spiro atoms. The van der Waals surface area contributed by atoms with E-state index < -0.39 is 22.0 Å². The molecule has 5 heteroatoms. The Bertz CT molecular complexity index is 594. The summed E-state index contributed by atoms with van der Waals surface area (Å²) >= 11 is 0. The lowest BCUT2D eigenvalue weighted by molar-refractivity contribution is -0.139. The second-order valence-corrected chi connectivity index (χ2v) is 7.53. The Morgan fingerprint density at radius 3 is 2.33 bits per heavy atom. The Balaban J connectivity index is 2.17. The van der Waals surface area contributed by atoms with E-state index in [2.05, 4.69) is 0 Å². The normalized spacial score (nSPS) is 34.2. The third-order valence-electron chi connectivity index (χ3n) is 4.23. The van der Waals surface area contributed by atoms with E-state index in [-0.39, 0.29) is 22.8 Å². The van der Waals surface area contributed by atoms with Crippen LogP contribution in [0.15, 0.2) is 46.7 Å². The van der Waals surface area contributed by atoms with Crippen LogP contribution in [0.4, 0.5) is 0 Å². The summed E-state index contributed by atoms with van der Waals surface area (Å²) in [5.74, 6) is -0.103. The molecular formula is C16H22O4S. The SMILES string of the molecule is C[C@H]1[C@@H](O)[C@@H](C)C(/C=C/S(=O)(=O)c2ccccc2)O[C@H]1C. The molecule has 1 saturated heterocycles. The Hall–Kier alpha value is -1.17. The van der Waals surface area contributed by atoms with Gasteiger partial charge in [0.2, 0.25) is 0 Å². The minimum absolute atomic E-state index is 0.0374. The van der Waals surface area contributed by atoms with Crippen molar-refractivity contribution >= 4 is 9.84 Å². The molecule has 1 aromatic rings. The maximum Gasteiger partial charge on any atom is 0.199 e. The standard InChI is InChI=1S/C16H22O4S/c1-11-13(3)20-15(12(2)16(11)17)9-10-21(18,19)14-7-5-4-6-8-14/h4-13,15-17H,1-3H3/b10-9+/t11-,12+,13+,15?,16-/m1/s1. The first-order chi connectivity index (χ1) is 9.83. The van der Waals surface area contributed by atoms with Gasteiger partial charge in [0.05, 0.1) is 23.2 Å². The Labute approximate surface area is 126 Å². The lowest BCUT2D eigenvalue weighted by Gasteiger charge is -2.40. The molecule has 2 rings (SSSR count). The van der Waals surface area contributed by atoms with E-state index in [0.29, 0.717) is 0 Å². The molecule has 1 fully saturated rings. The van der Waals surface area contributed by atoms with Gasteiger partial charge in [0, 0.05) is 17.2 Å². The van der Waals surface area contributed by atoms with Crippen LogP contribution < -0.4 is 0 Å². The third-order valence-corrected chi connectivity index (χ3v) is 5.67. The van der Waals surface area contributed by atoms with E-state index in [1.807, 2.05) is 20.8 Å². The second kappa shape index (κ2) is 6.30. The monoisotopic (exact) mass is 310 g/mol. The van der Waals surface area contributed by atoms with Crippen LogP contribution in [0.25, 0.3) is 0 Å². The van der Waals surface area contributed by atoms with Gasteiger partial charge in [-0.25, -0.2) is 8.42 Å². The van der Waals surface area contributed by atoms with Crippen LogP contribution in [-0.4, -0.2) is 31.8 Å². The number of hydrogen-bond acceptors (Lipinski definition) is 4. The van der Waals surface area contributed by atoms with Crippen molar-refractivity contribution in [2.75, 3.05) is 0 Å². The Morgan fingerprint density at radius 2 is 1.71 bits per heavy atom. The van der Waals surface area contributed by atoms with Gasteiger partial charge in [-0.1, -0.05) is 32.0 Å². The van der Waals surface area contributed by atoms with Crippen molar-refractivity contribution in [3.63, 3.8) is 0 Å². The van der Waals surface area contributed by atoms with Crippen molar-refractivity contribution in [1.82, 2.24) is 0 Å². The largest absolute Gasteiger partial charge is 0.392 e. The summed E-state index contributed by atoms with van der Waals surface area (Å²) in [5.41, 5.74) is 0. The van der Waals surface area contributed by atoms with Gasteiger partial charge in [0.1, 0.15) is 0 Å². The molecule has 116 valence electrons. The van der Waals surface area contributed by atoms with Crippen LogP contribution in [0.2, 0.25) is 0 Å². The summed E-state index contributed by atoms with van der Waals surface area (Å²) in [6.07, 6.45) is 0.538. The zero-order chi connectivity index (χ0) is 15.6. The molecule has 4 nitrogen and oxygen atoms in total. The molecule has 1 aliphatic heterocycles. The van der Waals surface area contributed by atoms with Gasteiger partial charge in [-0.05, 0) is 25.1 Å². The molecule has 0 aliphatic carbocycles. The minimum Gasteiger partial charge on any atom is -0.392 e. The van der Waals surface area contributed by atoms with Crippen LogP contribution in [0, 0.1) is 11.8 Å². The molecule has 0 amide bonds. The fraction of sp³-hybridized carbons (Fsp3) is 0.500. The first-order valence-corrected chi connectivity index (χ1v) is 8.69. The first-order valence-electron chi connectivity index (χ1n) is 7.15. The molecule has 5 atom stereocenters. The lowest BCUT2D eigenvalue weighted by Crippen LogP contribution is -2.47. The molecule has 0 bridgehead atoms. The van der Waals surface area contributed by atoms with Gasteiger partial charge >= 0.3 is 0 Å². The van der Waals surface area contributed by atoms with E-state index >= 15 is 0 Å². The smallest absolute Gasteiger partial charge is 0.199 e. The van der Waals surface area contributed by atoms with Gasteiger partial charge < -0.3 is 9.84 Å². The maximum absolute atomic E-state index is 12.2. The zero-order valence-electron chi connectivity index (χ0n) is 12.5. The number of aliphatic hydroxyl groups excluding tert-OH is 1. The summed E-state index contributed by atoms with van der Waals surface area (Å²) < 4.78 is 30.2. The van der Waals surface area contributed by atoms with Crippen LogP contribution in [0.1, 0.15) is 20.8 Å². The molecule has 1 aliphatic rings. The quantitative estimate of drug-likeness (QED) is 0.931. The highest BCUT2D eigenvalue weighted by molar-refractivity contribution is 7.94. The number of benzene rings is 1. The lowest BCUT2D eigenvalue weighted by atomic mass is 9.83. The number of ether oxygens (including phenoxy) is 1. The fourth-order valence-electron chi connectivity index (χ4n) is 2.54. The molecule has 0 saturated carbocycles. The average molecular weight is 310 g/mol. The van der Waals surface area contributed by atoms with Gasteiger partial charge in [-0.2, -0.15) is 0 Å². The number of aliphatic hydroxyl groups is 1. The van der Waals surface area contributed by atoms with Crippen molar-refractivity contribution in [2.24, 2.45) is 11.8 Å². The van der Waals surface area contributed by atoms with Crippen LogP contribution in [0.3, 0.4) is 0 Å². The van der Waals surface area contributed by atoms with Crippen molar-refractivity contribution in [2.45, 2.75) is 44.0 Å². The van der Waals surface area contributed by atoms with E-state index in [0.717, 1.165) is 0 Å². The van der Waals surface area contributed by atoms with Crippen molar-refractivity contribution in [3.8, 4) is 0 Å². The van der Waals surface area contributed by atoms with Crippen molar-refractivity contribution < 1.29 is 18.3 Å². The second-order valence-electron chi connectivity index (χ2n) is 5.70. The van der Waals surface area contributed by atoms with Gasteiger partial charge in [0.25, 0.3) is 0 Å². The highest BCUT2D eigenvalue weighted by atomic mass is 32.2. The number of rotatable bonds is 3. The predicted octanol–water partition coefficient (Wildman–Crippen LogP) is 2.39. The molecule has 1 heterocycles. The van der Waals surface area contributed by atoms with Crippen molar-refractivity contribution in [1.29, 1.82) is 0 Å². The maximum atomic E-state index is 12.2. The predicted molar refractivity (Wildman–Crippen MR) is 81.4 cm³/mol. The topological polar surface area (TPSA) is 63.6 Å². The van der Waals surface area contributed by atoms with E-state index in [4.69, 9.17) is 4.74 Å². The van der Waals surface area contributed by atoms with E-state index in [1.54, 1.807) is 36.4 Å². The molecular weight excluding hydrogens is 288 g/mol. The third kappa shape index (κ3) is 3.54. The zero-order valence-corrected chi connectivity index (χ0v) is 13.3. The summed E-state index contributed by atoms with van der Waals surface area (Å²) in [6, 6.07) is 8.27. The summed E-state index contributed by atoms with van der Waals surface area (Å²) in [4.78, 5) is 0.256. The molecule has 0 aromatic heterocycles. The highest BCUT2D eigenvalue weighted by Gasteiger charge is 2.37. The highest BCUT2D eigenvalue weighted by Crippen LogP contribution is 2.30. The summed E-state index contributed by atoms with van der Waals surface area (Å²) in [6.45, 7) is 5.70. The summed E-state index contributed by atoms with van der Waals surface area (Å²) in [7, 11) is -3.47. The molecule has 21 heavy (non-hydrogen) atoms. The van der Waals surface area contributed by atoms with Crippen LogP contribution in [-0.2, 0) is 14.6 Å². The summed E-state index contributed by atoms with van der Waals surface area (Å²) in [5, 5.41) is 11.3. The van der Waals surface area contributed by atoms with Crippen LogP contribution in [0.5, 0.6) is 0 Å². The van der Waals surface area contributed by atoms with Crippen molar-refractivity contribution in [3.05, 3.63) is 41.8 Å². The van der Waals surface area contributed by atoms with E-state index in [1.165, 1.54) is 5.41 Å². The molecule has 1 N–H and O–H groups in total. The number of hydrogen-bond donors (Lipinski definition) is 1. The molecule has 1 aromatic carbocycles. The molecule has 0 radical (unpaired) electrons. The Kier molecular flexibility index (Phi) is 4.86. The average Bonchev–Trinajstić information content (AvgIpc) is 2.48. The number of sulfone groups is 1. The fourth-order valence-corrected chi connectivity index (χ4v) is 3.59. The molecule has 1 unspecified atom stereocenters. The Morgan fingerprint density at radius 1 is 1.10 bits per heavy atom. The first kappa shape index (κ1) is 16.2. The van der Waals surface area contributed by atoms with Crippen LogP contribution >= 0.6 is 0 Å². The van der Waals surface area contributed by atoms with Gasteiger partial charge in [-0.15, -0.1) is 0 Å². The van der Waals surface area contributed by atoms with Gasteiger partial charge in [-0.3, -0.25) is 0 Å².